The van der Waals surface area contributed by atoms with Crippen LogP contribution in [0.4, 0.5) is 0 Å². The van der Waals surface area contributed by atoms with Gasteiger partial charge in [-0.15, -0.1) is 5.10 Å². The van der Waals surface area contributed by atoms with E-state index in [4.69, 9.17) is 4.74 Å². The zero-order valence-corrected chi connectivity index (χ0v) is 13.2. The maximum Gasteiger partial charge on any atom is 0.258 e. The van der Waals surface area contributed by atoms with E-state index in [1.807, 2.05) is 49.4 Å². The highest BCUT2D eigenvalue weighted by Crippen LogP contribution is 2.14. The van der Waals surface area contributed by atoms with Gasteiger partial charge in [-0.25, -0.2) is 4.68 Å². The standard InChI is InChI=1S/C17H17N5O2/c1-13(14-5-3-2-4-6-14)19-17(23)11-24-16-9-7-15(8-10-16)22-12-18-20-21-22/h2-10,12-13H,11H2,1H3,(H,19,23)/t13-/m1/s1. The molecule has 3 rings (SSSR count). The molecule has 1 heterocycles. The SMILES string of the molecule is C[C@@H](NC(=O)COc1ccc(-n2cnnn2)cc1)c1ccccc1. The van der Waals surface area contributed by atoms with Gasteiger partial charge in [0.05, 0.1) is 11.7 Å². The van der Waals surface area contributed by atoms with Gasteiger partial charge in [-0.1, -0.05) is 30.3 Å². The minimum absolute atomic E-state index is 0.0403. The Bertz CT molecular complexity index is 773. The van der Waals surface area contributed by atoms with Crippen LogP contribution in [0.3, 0.4) is 0 Å². The lowest BCUT2D eigenvalue weighted by Gasteiger charge is -2.14. The van der Waals surface area contributed by atoms with E-state index in [1.54, 1.807) is 12.1 Å². The number of carbonyl (C=O) groups excluding carboxylic acids is 1. The first-order chi connectivity index (χ1) is 11.7. The van der Waals surface area contributed by atoms with Crippen LogP contribution in [-0.2, 0) is 4.79 Å². The first-order valence-corrected chi connectivity index (χ1v) is 7.53. The molecule has 122 valence electrons. The van der Waals surface area contributed by atoms with E-state index in [0.717, 1.165) is 11.3 Å². The van der Waals surface area contributed by atoms with E-state index in [1.165, 1.54) is 11.0 Å². The highest BCUT2D eigenvalue weighted by atomic mass is 16.5. The normalized spacial score (nSPS) is 11.7. The number of ether oxygens (including phenoxy) is 1. The fourth-order valence-corrected chi connectivity index (χ4v) is 2.23. The highest BCUT2D eigenvalue weighted by molar-refractivity contribution is 5.78. The fourth-order valence-electron chi connectivity index (χ4n) is 2.23. The average Bonchev–Trinajstić information content (AvgIpc) is 3.16. The van der Waals surface area contributed by atoms with Crippen LogP contribution in [0.1, 0.15) is 18.5 Å². The van der Waals surface area contributed by atoms with Crippen LogP contribution in [0.2, 0.25) is 0 Å². The molecule has 1 amide bonds. The molecular weight excluding hydrogens is 306 g/mol. The quantitative estimate of drug-likeness (QED) is 0.749. The summed E-state index contributed by atoms with van der Waals surface area (Å²) >= 11 is 0. The molecule has 0 aliphatic heterocycles. The minimum atomic E-state index is -0.170. The van der Waals surface area contributed by atoms with E-state index in [2.05, 4.69) is 20.8 Å². The van der Waals surface area contributed by atoms with Crippen LogP contribution in [-0.4, -0.2) is 32.7 Å². The van der Waals surface area contributed by atoms with Crippen molar-refractivity contribution < 1.29 is 9.53 Å². The zero-order valence-electron chi connectivity index (χ0n) is 13.2. The Hall–Kier alpha value is -3.22. The van der Waals surface area contributed by atoms with E-state index >= 15 is 0 Å². The number of aromatic nitrogens is 4. The van der Waals surface area contributed by atoms with E-state index in [0.29, 0.717) is 5.75 Å². The zero-order chi connectivity index (χ0) is 16.8. The Balaban J connectivity index is 1.51. The number of rotatable bonds is 6. The molecule has 0 aliphatic rings. The van der Waals surface area contributed by atoms with Crippen molar-refractivity contribution in [1.29, 1.82) is 0 Å². The van der Waals surface area contributed by atoms with Gasteiger partial charge in [0.25, 0.3) is 5.91 Å². The molecule has 0 saturated carbocycles. The van der Waals surface area contributed by atoms with Gasteiger partial charge in [0.1, 0.15) is 12.1 Å². The lowest BCUT2D eigenvalue weighted by atomic mass is 10.1. The summed E-state index contributed by atoms with van der Waals surface area (Å²) in [5.74, 6) is 0.435. The monoisotopic (exact) mass is 323 g/mol. The van der Waals surface area contributed by atoms with Crippen molar-refractivity contribution in [1.82, 2.24) is 25.5 Å². The topological polar surface area (TPSA) is 81.9 Å². The van der Waals surface area contributed by atoms with Gasteiger partial charge in [-0.05, 0) is 47.2 Å². The highest BCUT2D eigenvalue weighted by Gasteiger charge is 2.09. The van der Waals surface area contributed by atoms with Gasteiger partial charge in [0, 0.05) is 0 Å². The molecule has 7 heteroatoms. The summed E-state index contributed by atoms with van der Waals surface area (Å²) < 4.78 is 7.04. The lowest BCUT2D eigenvalue weighted by molar-refractivity contribution is -0.123. The average molecular weight is 323 g/mol. The number of benzene rings is 2. The molecule has 0 bridgehead atoms. The van der Waals surface area contributed by atoms with Crippen LogP contribution in [0.15, 0.2) is 60.9 Å². The van der Waals surface area contributed by atoms with Crippen LogP contribution < -0.4 is 10.1 Å². The van der Waals surface area contributed by atoms with Crippen molar-refractivity contribution in [2.45, 2.75) is 13.0 Å². The van der Waals surface area contributed by atoms with Crippen molar-refractivity contribution in [3.05, 3.63) is 66.5 Å². The fraction of sp³-hybridized carbons (Fsp3) is 0.176. The first-order valence-electron chi connectivity index (χ1n) is 7.53. The molecule has 0 radical (unpaired) electrons. The van der Waals surface area contributed by atoms with Crippen molar-refractivity contribution in [2.75, 3.05) is 6.61 Å². The van der Waals surface area contributed by atoms with Crippen LogP contribution in [0, 0.1) is 0 Å². The molecule has 2 aromatic carbocycles. The third kappa shape index (κ3) is 3.95. The summed E-state index contributed by atoms with van der Waals surface area (Å²) in [4.78, 5) is 12.0. The number of hydrogen-bond acceptors (Lipinski definition) is 5. The number of tetrazole rings is 1. The predicted molar refractivity (Wildman–Crippen MR) is 87.6 cm³/mol. The Morgan fingerprint density at radius 1 is 1.17 bits per heavy atom. The number of nitrogens with zero attached hydrogens (tertiary/aromatic N) is 4. The van der Waals surface area contributed by atoms with Gasteiger partial charge in [-0.3, -0.25) is 4.79 Å². The Morgan fingerprint density at radius 3 is 2.58 bits per heavy atom. The second-order valence-electron chi connectivity index (χ2n) is 5.24. The Morgan fingerprint density at radius 2 is 1.92 bits per heavy atom. The number of carbonyl (C=O) groups is 1. The molecule has 0 saturated heterocycles. The largest absolute Gasteiger partial charge is 0.484 e. The maximum atomic E-state index is 12.0. The number of hydrogen-bond donors (Lipinski definition) is 1. The molecule has 7 nitrogen and oxygen atoms in total. The predicted octanol–water partition coefficient (Wildman–Crippen LogP) is 1.92. The molecule has 1 aromatic heterocycles. The third-order valence-corrected chi connectivity index (χ3v) is 3.50. The van der Waals surface area contributed by atoms with Crippen LogP contribution >= 0.6 is 0 Å². The van der Waals surface area contributed by atoms with Crippen LogP contribution in [0.5, 0.6) is 5.75 Å². The Kier molecular flexibility index (Phi) is 4.81. The second-order valence-corrected chi connectivity index (χ2v) is 5.24. The summed E-state index contributed by atoms with van der Waals surface area (Å²) in [6.45, 7) is 1.90. The van der Waals surface area contributed by atoms with Gasteiger partial charge >= 0.3 is 0 Å². The maximum absolute atomic E-state index is 12.0. The first kappa shape index (κ1) is 15.7. The second kappa shape index (κ2) is 7.36. The van der Waals surface area contributed by atoms with Gasteiger partial charge in [0.15, 0.2) is 6.61 Å². The molecule has 24 heavy (non-hydrogen) atoms. The third-order valence-electron chi connectivity index (χ3n) is 3.50. The summed E-state index contributed by atoms with van der Waals surface area (Å²) in [5.41, 5.74) is 1.87. The smallest absolute Gasteiger partial charge is 0.258 e. The molecule has 0 unspecified atom stereocenters. The van der Waals surface area contributed by atoms with Crippen molar-refractivity contribution >= 4 is 5.91 Å². The van der Waals surface area contributed by atoms with Crippen molar-refractivity contribution in [3.8, 4) is 11.4 Å². The molecular formula is C17H17N5O2. The lowest BCUT2D eigenvalue weighted by Crippen LogP contribution is -2.31. The van der Waals surface area contributed by atoms with Crippen LogP contribution in [0.25, 0.3) is 5.69 Å². The molecule has 0 fully saturated rings. The summed E-state index contributed by atoms with van der Waals surface area (Å²) in [5, 5.41) is 13.9. The van der Waals surface area contributed by atoms with Crippen molar-refractivity contribution in [3.63, 3.8) is 0 Å². The molecule has 0 aliphatic carbocycles. The number of nitrogens with one attached hydrogen (secondary N) is 1. The molecule has 1 atom stereocenters. The summed E-state index contributed by atoms with van der Waals surface area (Å²) in [7, 11) is 0. The van der Waals surface area contributed by atoms with E-state index in [9.17, 15) is 4.79 Å². The summed E-state index contributed by atoms with van der Waals surface area (Å²) in [6, 6.07) is 16.9. The van der Waals surface area contributed by atoms with Gasteiger partial charge < -0.3 is 10.1 Å². The van der Waals surface area contributed by atoms with E-state index in [-0.39, 0.29) is 18.6 Å². The summed E-state index contributed by atoms with van der Waals surface area (Å²) in [6.07, 6.45) is 1.51. The molecule has 1 N–H and O–H groups in total. The van der Waals surface area contributed by atoms with Gasteiger partial charge in [-0.2, -0.15) is 0 Å². The van der Waals surface area contributed by atoms with E-state index < -0.39 is 0 Å². The van der Waals surface area contributed by atoms with Crippen molar-refractivity contribution in [2.24, 2.45) is 0 Å². The minimum Gasteiger partial charge on any atom is -0.484 e. The molecule has 0 spiro atoms. The number of amides is 1. The Labute approximate surface area is 139 Å². The van der Waals surface area contributed by atoms with Gasteiger partial charge in [0.2, 0.25) is 0 Å². The molecule has 3 aromatic rings.